The first-order chi connectivity index (χ1) is 15.4. The number of dihydropyridines is 1. The van der Waals surface area contributed by atoms with E-state index in [-0.39, 0.29) is 17.7 Å². The summed E-state index contributed by atoms with van der Waals surface area (Å²) in [4.78, 5) is 26.6. The van der Waals surface area contributed by atoms with Crippen LogP contribution in [0.2, 0.25) is 5.02 Å². The van der Waals surface area contributed by atoms with E-state index in [1.807, 2.05) is 62.4 Å². The van der Waals surface area contributed by atoms with E-state index < -0.39 is 5.92 Å². The van der Waals surface area contributed by atoms with E-state index in [9.17, 15) is 9.59 Å². The normalized spacial score (nSPS) is 20.7. The van der Waals surface area contributed by atoms with Gasteiger partial charge in [-0.15, -0.1) is 0 Å². The van der Waals surface area contributed by atoms with Crippen molar-refractivity contribution in [2.45, 2.75) is 44.9 Å². The molecule has 0 spiro atoms. The molecule has 2 aromatic rings. The third-order valence-corrected chi connectivity index (χ3v) is 6.81. The van der Waals surface area contributed by atoms with Crippen molar-refractivity contribution in [2.75, 3.05) is 6.61 Å². The Morgan fingerprint density at radius 3 is 2.41 bits per heavy atom. The molecule has 2 aromatic carbocycles. The highest BCUT2D eigenvalue weighted by Gasteiger charge is 2.41. The molecule has 0 unspecified atom stereocenters. The number of nitrogens with one attached hydrogen (secondary N) is 1. The van der Waals surface area contributed by atoms with Crippen LogP contribution in [0.4, 0.5) is 0 Å². The van der Waals surface area contributed by atoms with Gasteiger partial charge in [0.05, 0.1) is 12.2 Å². The second-order valence-electron chi connectivity index (χ2n) is 8.26. The van der Waals surface area contributed by atoms with E-state index in [1.54, 1.807) is 0 Å². The van der Waals surface area contributed by atoms with Crippen LogP contribution < -0.4 is 5.32 Å². The van der Waals surface area contributed by atoms with Crippen LogP contribution in [-0.4, -0.2) is 18.4 Å². The van der Waals surface area contributed by atoms with Gasteiger partial charge in [-0.05, 0) is 61.1 Å². The van der Waals surface area contributed by atoms with Crippen molar-refractivity contribution in [3.63, 3.8) is 0 Å². The molecule has 0 radical (unpaired) electrons. The van der Waals surface area contributed by atoms with Gasteiger partial charge in [-0.2, -0.15) is 0 Å². The minimum Gasteiger partial charge on any atom is -0.462 e. The van der Waals surface area contributed by atoms with Crippen LogP contribution in [0.25, 0.3) is 0 Å². The minimum atomic E-state index is -0.442. The predicted octanol–water partition coefficient (Wildman–Crippen LogP) is 6.42. The molecule has 166 valence electrons. The highest BCUT2D eigenvalue weighted by molar-refractivity contribution is 9.10. The number of ketones is 1. The van der Waals surface area contributed by atoms with Crippen LogP contribution in [0, 0.1) is 0 Å². The van der Waals surface area contributed by atoms with Crippen molar-refractivity contribution in [3.8, 4) is 0 Å². The number of carbonyl (C=O) groups excluding carboxylic acids is 2. The van der Waals surface area contributed by atoms with Gasteiger partial charge in [0.25, 0.3) is 0 Å². The van der Waals surface area contributed by atoms with E-state index in [0.717, 1.165) is 33.4 Å². The van der Waals surface area contributed by atoms with Gasteiger partial charge < -0.3 is 10.1 Å². The molecule has 0 amide bonds. The maximum absolute atomic E-state index is 13.5. The molecule has 1 N–H and O–H groups in total. The molecule has 4 nitrogen and oxygen atoms in total. The monoisotopic (exact) mass is 513 g/mol. The van der Waals surface area contributed by atoms with Gasteiger partial charge in [0, 0.05) is 38.8 Å². The lowest BCUT2D eigenvalue weighted by Crippen LogP contribution is -2.36. The Morgan fingerprint density at radius 2 is 1.75 bits per heavy atom. The molecule has 32 heavy (non-hydrogen) atoms. The first-order valence-electron chi connectivity index (χ1n) is 10.8. The SMILES string of the molecule is CCCOC(=O)C1=C(C)NC2=C(C(=O)C[C@H](c3ccc(Cl)cc3)C2)[C@@H]1c1ccc(Br)cc1. The molecular formula is C26H25BrClNO3. The minimum absolute atomic E-state index is 0.0555. The molecule has 0 fully saturated rings. The number of esters is 1. The summed E-state index contributed by atoms with van der Waals surface area (Å²) in [7, 11) is 0. The van der Waals surface area contributed by atoms with Crippen molar-refractivity contribution in [1.82, 2.24) is 5.32 Å². The second kappa shape index (κ2) is 9.63. The Bertz CT molecular complexity index is 1100. The maximum atomic E-state index is 13.5. The highest BCUT2D eigenvalue weighted by Crippen LogP contribution is 2.45. The average molecular weight is 515 g/mol. The second-order valence-corrected chi connectivity index (χ2v) is 9.61. The third-order valence-electron chi connectivity index (χ3n) is 6.03. The summed E-state index contributed by atoms with van der Waals surface area (Å²) in [5.41, 5.74) is 4.81. The van der Waals surface area contributed by atoms with Crippen LogP contribution in [-0.2, 0) is 14.3 Å². The smallest absolute Gasteiger partial charge is 0.336 e. The van der Waals surface area contributed by atoms with Gasteiger partial charge in [0.2, 0.25) is 0 Å². The number of halogens is 2. The number of Topliss-reactive ketones (excluding diaryl/α,β-unsaturated/α-hetero) is 1. The van der Waals surface area contributed by atoms with Crippen molar-refractivity contribution in [2.24, 2.45) is 0 Å². The zero-order chi connectivity index (χ0) is 22.8. The molecule has 0 aromatic heterocycles. The standard InChI is InChI=1S/C26H25BrClNO3/c1-3-12-32-26(31)23-15(2)29-21-13-18(16-6-10-20(28)11-7-16)14-22(30)25(21)24(23)17-4-8-19(27)9-5-17/h4-11,18,24,29H,3,12-14H2,1-2H3/t18-,24-/m1/s1. The Hall–Kier alpha value is -2.37. The highest BCUT2D eigenvalue weighted by atomic mass is 79.9. The Balaban J connectivity index is 1.76. The average Bonchev–Trinajstić information content (AvgIpc) is 2.77. The zero-order valence-electron chi connectivity index (χ0n) is 18.1. The van der Waals surface area contributed by atoms with E-state index in [4.69, 9.17) is 16.3 Å². The van der Waals surface area contributed by atoms with Gasteiger partial charge in [0.1, 0.15) is 0 Å². The first kappa shape index (κ1) is 22.8. The number of hydrogen-bond donors (Lipinski definition) is 1. The largest absolute Gasteiger partial charge is 0.462 e. The molecule has 0 saturated carbocycles. The molecular weight excluding hydrogens is 490 g/mol. The number of ether oxygens (including phenoxy) is 1. The summed E-state index contributed by atoms with van der Waals surface area (Å²) in [6.07, 6.45) is 1.83. The number of carbonyl (C=O) groups is 2. The van der Waals surface area contributed by atoms with Crippen molar-refractivity contribution < 1.29 is 14.3 Å². The fourth-order valence-corrected chi connectivity index (χ4v) is 4.93. The molecule has 6 heteroatoms. The van der Waals surface area contributed by atoms with E-state index in [2.05, 4.69) is 21.2 Å². The van der Waals surface area contributed by atoms with Crippen LogP contribution in [0.1, 0.15) is 56.1 Å². The molecule has 2 atom stereocenters. The summed E-state index contributed by atoms with van der Waals surface area (Å²) in [5, 5.41) is 4.06. The van der Waals surface area contributed by atoms with Crippen LogP contribution in [0.15, 0.2) is 75.5 Å². The van der Waals surface area contributed by atoms with Crippen LogP contribution >= 0.6 is 27.5 Å². The number of allylic oxidation sites excluding steroid dienone is 3. The Kier molecular flexibility index (Phi) is 6.87. The molecule has 4 rings (SSSR count). The van der Waals surface area contributed by atoms with Crippen molar-refractivity contribution in [3.05, 3.63) is 91.7 Å². The van der Waals surface area contributed by atoms with Gasteiger partial charge in [-0.1, -0.05) is 58.7 Å². The molecule has 1 aliphatic carbocycles. The number of rotatable bonds is 5. The first-order valence-corrected chi connectivity index (χ1v) is 12.0. The molecule has 0 saturated heterocycles. The Labute approximate surface area is 201 Å². The summed E-state index contributed by atoms with van der Waals surface area (Å²) in [6.45, 7) is 4.19. The summed E-state index contributed by atoms with van der Waals surface area (Å²) in [6, 6.07) is 15.5. The van der Waals surface area contributed by atoms with Crippen LogP contribution in [0.3, 0.4) is 0 Å². The molecule has 1 aliphatic heterocycles. The fourth-order valence-electron chi connectivity index (χ4n) is 4.54. The lowest BCUT2D eigenvalue weighted by molar-refractivity contribution is -0.139. The summed E-state index contributed by atoms with van der Waals surface area (Å²) < 4.78 is 6.44. The fraction of sp³-hybridized carbons (Fsp3) is 0.308. The molecule has 0 bridgehead atoms. The molecule has 2 aliphatic rings. The maximum Gasteiger partial charge on any atom is 0.336 e. The van der Waals surface area contributed by atoms with Crippen molar-refractivity contribution in [1.29, 1.82) is 0 Å². The van der Waals surface area contributed by atoms with Gasteiger partial charge >= 0.3 is 5.97 Å². The van der Waals surface area contributed by atoms with E-state index >= 15 is 0 Å². The quantitative estimate of drug-likeness (QED) is 0.468. The van der Waals surface area contributed by atoms with E-state index in [1.165, 1.54) is 0 Å². The molecule has 1 heterocycles. The summed E-state index contributed by atoms with van der Waals surface area (Å²) >= 11 is 9.52. The Morgan fingerprint density at radius 1 is 1.09 bits per heavy atom. The van der Waals surface area contributed by atoms with E-state index in [0.29, 0.717) is 35.6 Å². The lowest BCUT2D eigenvalue weighted by Gasteiger charge is -2.36. The third kappa shape index (κ3) is 4.55. The van der Waals surface area contributed by atoms with Crippen LogP contribution in [0.5, 0.6) is 0 Å². The summed E-state index contributed by atoms with van der Waals surface area (Å²) in [5.74, 6) is -0.691. The lowest BCUT2D eigenvalue weighted by atomic mass is 9.72. The number of hydrogen-bond acceptors (Lipinski definition) is 4. The zero-order valence-corrected chi connectivity index (χ0v) is 20.4. The topological polar surface area (TPSA) is 55.4 Å². The van der Waals surface area contributed by atoms with Gasteiger partial charge in [0.15, 0.2) is 5.78 Å². The van der Waals surface area contributed by atoms with Gasteiger partial charge in [-0.25, -0.2) is 4.79 Å². The van der Waals surface area contributed by atoms with Gasteiger partial charge in [-0.3, -0.25) is 4.79 Å². The predicted molar refractivity (Wildman–Crippen MR) is 129 cm³/mol. The number of benzene rings is 2. The van der Waals surface area contributed by atoms with Crippen molar-refractivity contribution >= 4 is 39.3 Å².